The van der Waals surface area contributed by atoms with Crippen LogP contribution in [0.3, 0.4) is 0 Å². The monoisotopic (exact) mass is 214 g/mol. The summed E-state index contributed by atoms with van der Waals surface area (Å²) in [5.41, 5.74) is 0.563. The van der Waals surface area contributed by atoms with E-state index in [4.69, 9.17) is 0 Å². The van der Waals surface area contributed by atoms with Crippen molar-refractivity contribution in [2.75, 3.05) is 6.54 Å². The number of nitrogens with one attached hydrogen (secondary N) is 1. The first-order chi connectivity index (χ1) is 7.86. The summed E-state index contributed by atoms with van der Waals surface area (Å²) in [5, 5.41) is 2.82. The normalized spacial score (nSPS) is 10.0. The molecule has 0 bridgehead atoms. The van der Waals surface area contributed by atoms with E-state index in [1.807, 2.05) is 22.9 Å². The first-order valence-corrected chi connectivity index (χ1v) is 5.07. The van der Waals surface area contributed by atoms with Gasteiger partial charge >= 0.3 is 0 Å². The minimum atomic E-state index is -0.0966. The lowest BCUT2D eigenvalue weighted by Crippen LogP contribution is -2.26. The van der Waals surface area contributed by atoms with E-state index in [0.717, 1.165) is 6.54 Å². The molecule has 16 heavy (non-hydrogen) atoms. The highest BCUT2D eigenvalue weighted by molar-refractivity contribution is 5.93. The SMILES string of the molecule is O=C(NCCn1ccnc1)c1[c]cccc1. The molecule has 0 aliphatic heterocycles. The molecule has 1 aromatic heterocycles. The molecule has 2 rings (SSSR count). The summed E-state index contributed by atoms with van der Waals surface area (Å²) in [7, 11) is 0. The molecule has 0 saturated carbocycles. The fraction of sp³-hybridized carbons (Fsp3) is 0.167. The molecule has 0 unspecified atom stereocenters. The highest BCUT2D eigenvalue weighted by Crippen LogP contribution is 1.96. The molecule has 81 valence electrons. The van der Waals surface area contributed by atoms with Crippen LogP contribution in [0.4, 0.5) is 0 Å². The molecule has 1 aromatic carbocycles. The van der Waals surface area contributed by atoms with Gasteiger partial charge in [-0.2, -0.15) is 0 Å². The highest BCUT2D eigenvalue weighted by Gasteiger charge is 2.02. The maximum Gasteiger partial charge on any atom is 0.251 e. The highest BCUT2D eigenvalue weighted by atomic mass is 16.1. The average molecular weight is 214 g/mol. The number of rotatable bonds is 4. The van der Waals surface area contributed by atoms with E-state index in [-0.39, 0.29) is 5.91 Å². The Kier molecular flexibility index (Phi) is 3.33. The Morgan fingerprint density at radius 2 is 2.44 bits per heavy atom. The Balaban J connectivity index is 1.81. The molecule has 0 spiro atoms. The fourth-order valence-electron chi connectivity index (χ4n) is 1.35. The molecule has 1 N–H and O–H groups in total. The van der Waals surface area contributed by atoms with E-state index in [1.165, 1.54) is 0 Å². The number of amides is 1. The van der Waals surface area contributed by atoms with Gasteiger partial charge in [0.25, 0.3) is 5.91 Å². The molecule has 0 aliphatic rings. The van der Waals surface area contributed by atoms with Crippen LogP contribution in [0.5, 0.6) is 0 Å². The van der Waals surface area contributed by atoms with Crippen molar-refractivity contribution in [2.24, 2.45) is 0 Å². The van der Waals surface area contributed by atoms with Gasteiger partial charge in [-0.25, -0.2) is 4.98 Å². The molecule has 4 heteroatoms. The lowest BCUT2D eigenvalue weighted by Gasteiger charge is -2.05. The number of nitrogens with zero attached hydrogens (tertiary/aromatic N) is 2. The number of hydrogen-bond acceptors (Lipinski definition) is 2. The molecule has 1 heterocycles. The van der Waals surface area contributed by atoms with E-state index >= 15 is 0 Å². The van der Waals surface area contributed by atoms with Gasteiger partial charge in [0.2, 0.25) is 0 Å². The zero-order valence-electron chi connectivity index (χ0n) is 8.76. The number of aromatic nitrogens is 2. The minimum absolute atomic E-state index is 0.0966. The predicted octanol–water partition coefficient (Wildman–Crippen LogP) is 1.11. The Hall–Kier alpha value is -2.10. The van der Waals surface area contributed by atoms with Crippen molar-refractivity contribution < 1.29 is 4.79 Å². The summed E-state index contributed by atoms with van der Waals surface area (Å²) >= 11 is 0. The van der Waals surface area contributed by atoms with Crippen molar-refractivity contribution in [3.8, 4) is 0 Å². The third-order valence-corrected chi connectivity index (χ3v) is 2.17. The Bertz CT molecular complexity index is 437. The molecular formula is C12H12N3O. The van der Waals surface area contributed by atoms with Crippen LogP contribution in [0.15, 0.2) is 43.0 Å². The van der Waals surface area contributed by atoms with Gasteiger partial charge in [0.15, 0.2) is 0 Å². The fourth-order valence-corrected chi connectivity index (χ4v) is 1.35. The van der Waals surface area contributed by atoms with Crippen LogP contribution in [0, 0.1) is 6.07 Å². The molecule has 1 amide bonds. The van der Waals surface area contributed by atoms with E-state index in [2.05, 4.69) is 16.4 Å². The molecular weight excluding hydrogens is 202 g/mol. The van der Waals surface area contributed by atoms with E-state index in [1.54, 1.807) is 24.7 Å². The zero-order chi connectivity index (χ0) is 11.2. The second-order valence-corrected chi connectivity index (χ2v) is 3.33. The third kappa shape index (κ3) is 2.70. The largest absolute Gasteiger partial charge is 0.350 e. The van der Waals surface area contributed by atoms with E-state index in [9.17, 15) is 4.79 Å². The Labute approximate surface area is 93.9 Å². The summed E-state index contributed by atoms with van der Waals surface area (Å²) in [4.78, 5) is 15.5. The van der Waals surface area contributed by atoms with E-state index < -0.39 is 0 Å². The summed E-state index contributed by atoms with van der Waals surface area (Å²) in [6.45, 7) is 1.30. The lowest BCUT2D eigenvalue weighted by atomic mass is 10.2. The van der Waals surface area contributed by atoms with E-state index in [0.29, 0.717) is 12.1 Å². The van der Waals surface area contributed by atoms with Crippen LogP contribution in [0.1, 0.15) is 10.4 Å². The van der Waals surface area contributed by atoms with Gasteiger partial charge in [0.1, 0.15) is 0 Å². The summed E-state index contributed by atoms with van der Waals surface area (Å²) in [6, 6.07) is 10.0. The van der Waals surface area contributed by atoms with Crippen molar-refractivity contribution in [1.82, 2.24) is 14.9 Å². The maximum absolute atomic E-state index is 11.6. The molecule has 0 aliphatic carbocycles. The maximum atomic E-state index is 11.6. The van der Waals surface area contributed by atoms with Crippen molar-refractivity contribution in [1.29, 1.82) is 0 Å². The third-order valence-electron chi connectivity index (χ3n) is 2.17. The van der Waals surface area contributed by atoms with Gasteiger partial charge in [-0.05, 0) is 12.1 Å². The lowest BCUT2D eigenvalue weighted by molar-refractivity contribution is 0.0952. The predicted molar refractivity (Wildman–Crippen MR) is 59.8 cm³/mol. The van der Waals surface area contributed by atoms with Crippen LogP contribution in [-0.2, 0) is 6.54 Å². The minimum Gasteiger partial charge on any atom is -0.350 e. The second-order valence-electron chi connectivity index (χ2n) is 3.33. The van der Waals surface area contributed by atoms with Crippen LogP contribution in [-0.4, -0.2) is 22.0 Å². The van der Waals surface area contributed by atoms with Crippen LogP contribution >= 0.6 is 0 Å². The van der Waals surface area contributed by atoms with Gasteiger partial charge < -0.3 is 9.88 Å². The number of carbonyl (C=O) groups is 1. The van der Waals surface area contributed by atoms with Crippen molar-refractivity contribution >= 4 is 5.91 Å². The number of carbonyl (C=O) groups excluding carboxylic acids is 1. The molecule has 0 saturated heterocycles. The Morgan fingerprint density at radius 1 is 1.50 bits per heavy atom. The molecule has 0 fully saturated rings. The van der Waals surface area contributed by atoms with Crippen LogP contribution in [0.25, 0.3) is 0 Å². The van der Waals surface area contributed by atoms with Crippen LogP contribution < -0.4 is 5.32 Å². The average Bonchev–Trinajstić information content (AvgIpc) is 2.83. The zero-order valence-corrected chi connectivity index (χ0v) is 8.76. The smallest absolute Gasteiger partial charge is 0.251 e. The van der Waals surface area contributed by atoms with Gasteiger partial charge in [0.05, 0.1) is 6.33 Å². The van der Waals surface area contributed by atoms with Gasteiger partial charge in [-0.3, -0.25) is 4.79 Å². The topological polar surface area (TPSA) is 46.9 Å². The quantitative estimate of drug-likeness (QED) is 0.828. The number of imidazole rings is 1. The summed E-state index contributed by atoms with van der Waals surface area (Å²) < 4.78 is 1.91. The standard InChI is InChI=1S/C12H12N3O/c16-12(11-4-2-1-3-5-11)14-7-9-15-8-6-13-10-15/h1-4,6,8,10H,7,9H2,(H,14,16). The number of benzene rings is 1. The summed E-state index contributed by atoms with van der Waals surface area (Å²) in [6.07, 6.45) is 5.30. The van der Waals surface area contributed by atoms with Crippen molar-refractivity contribution in [2.45, 2.75) is 6.54 Å². The second kappa shape index (κ2) is 5.11. The molecule has 4 nitrogen and oxygen atoms in total. The number of hydrogen-bond donors (Lipinski definition) is 1. The van der Waals surface area contributed by atoms with Gasteiger partial charge in [0, 0.05) is 31.0 Å². The van der Waals surface area contributed by atoms with Crippen molar-refractivity contribution in [3.63, 3.8) is 0 Å². The molecule has 0 atom stereocenters. The summed E-state index contributed by atoms with van der Waals surface area (Å²) in [5.74, 6) is -0.0966. The molecule has 1 radical (unpaired) electrons. The van der Waals surface area contributed by atoms with Gasteiger partial charge in [-0.1, -0.05) is 18.2 Å². The van der Waals surface area contributed by atoms with Gasteiger partial charge in [-0.15, -0.1) is 0 Å². The molecule has 2 aromatic rings. The van der Waals surface area contributed by atoms with Crippen molar-refractivity contribution in [3.05, 3.63) is 54.6 Å². The first kappa shape index (κ1) is 10.4. The first-order valence-electron chi connectivity index (χ1n) is 5.07. The Morgan fingerprint density at radius 3 is 3.12 bits per heavy atom. The van der Waals surface area contributed by atoms with Crippen LogP contribution in [0.2, 0.25) is 0 Å².